The van der Waals surface area contributed by atoms with E-state index in [2.05, 4.69) is 0 Å². The second-order valence-corrected chi connectivity index (χ2v) is 2.58. The summed E-state index contributed by atoms with van der Waals surface area (Å²) in [6.07, 6.45) is 1.44. The average Bonchev–Trinajstić information content (AvgIpc) is 2.47. The van der Waals surface area contributed by atoms with E-state index in [-0.39, 0.29) is 6.23 Å². The number of carbonyl (C=O) groups excluding carboxylic acids is 1. The van der Waals surface area contributed by atoms with E-state index in [4.69, 9.17) is 10.5 Å². The number of nitrogens with two attached hydrogens (primary N) is 1. The fourth-order valence-corrected chi connectivity index (χ4v) is 1.18. The lowest BCUT2D eigenvalue weighted by atomic mass is 10.4. The molecular formula is C7H14N2O2. The van der Waals surface area contributed by atoms with E-state index in [1.807, 2.05) is 4.90 Å². The molecule has 1 aliphatic rings. The Balaban J connectivity index is 2.25. The quantitative estimate of drug-likeness (QED) is 0.544. The molecule has 0 aliphatic carbocycles. The highest BCUT2D eigenvalue weighted by atomic mass is 16.5. The third kappa shape index (κ3) is 2.25. The molecule has 0 bridgehead atoms. The summed E-state index contributed by atoms with van der Waals surface area (Å²) >= 11 is 0. The van der Waals surface area contributed by atoms with E-state index in [9.17, 15) is 4.79 Å². The van der Waals surface area contributed by atoms with Crippen molar-refractivity contribution in [3.63, 3.8) is 0 Å². The summed E-state index contributed by atoms with van der Waals surface area (Å²) in [6, 6.07) is 0. The first-order valence-corrected chi connectivity index (χ1v) is 3.89. The van der Waals surface area contributed by atoms with Crippen molar-refractivity contribution in [1.82, 2.24) is 4.90 Å². The molecule has 0 saturated carbocycles. The Morgan fingerprint density at radius 2 is 2.55 bits per heavy atom. The Hall–Kier alpha value is -0.450. The molecule has 4 nitrogen and oxygen atoms in total. The molecule has 0 spiro atoms. The van der Waals surface area contributed by atoms with Crippen molar-refractivity contribution >= 4 is 6.29 Å². The molecule has 1 saturated heterocycles. The van der Waals surface area contributed by atoms with Crippen LogP contribution in [0.3, 0.4) is 0 Å². The zero-order valence-electron chi connectivity index (χ0n) is 6.53. The van der Waals surface area contributed by atoms with Crippen LogP contribution in [-0.2, 0) is 9.53 Å². The highest BCUT2D eigenvalue weighted by Gasteiger charge is 2.23. The number of carbonyl (C=O) groups is 1. The molecule has 11 heavy (non-hydrogen) atoms. The molecule has 1 unspecified atom stereocenters. The summed E-state index contributed by atoms with van der Waals surface area (Å²) in [6.45, 7) is 3.04. The van der Waals surface area contributed by atoms with Crippen LogP contribution in [0.5, 0.6) is 0 Å². The Labute approximate surface area is 66.3 Å². The van der Waals surface area contributed by atoms with Gasteiger partial charge in [-0.25, -0.2) is 0 Å². The summed E-state index contributed by atoms with van der Waals surface area (Å²) in [5.74, 6) is 0. The van der Waals surface area contributed by atoms with Gasteiger partial charge in [0.1, 0.15) is 0 Å². The van der Waals surface area contributed by atoms with E-state index in [1.54, 1.807) is 0 Å². The molecule has 1 atom stereocenters. The molecule has 0 aromatic heterocycles. The van der Waals surface area contributed by atoms with Crippen molar-refractivity contribution < 1.29 is 9.53 Å². The summed E-state index contributed by atoms with van der Waals surface area (Å²) in [5, 5.41) is 0. The van der Waals surface area contributed by atoms with Crippen molar-refractivity contribution in [3.05, 3.63) is 0 Å². The van der Waals surface area contributed by atoms with Crippen LogP contribution in [0.25, 0.3) is 0 Å². The number of aldehydes is 1. The summed E-state index contributed by atoms with van der Waals surface area (Å²) < 4.78 is 5.13. The lowest BCUT2D eigenvalue weighted by Crippen LogP contribution is -2.33. The van der Waals surface area contributed by atoms with Gasteiger partial charge >= 0.3 is 0 Å². The molecule has 1 aliphatic heterocycles. The third-order valence-electron chi connectivity index (χ3n) is 1.79. The molecule has 2 N–H and O–H groups in total. The molecule has 0 radical (unpaired) electrons. The van der Waals surface area contributed by atoms with E-state index in [0.717, 1.165) is 25.8 Å². The summed E-state index contributed by atoms with van der Waals surface area (Å²) in [5.41, 5.74) is 5.34. The molecule has 64 valence electrons. The minimum Gasteiger partial charge on any atom is -0.355 e. The fraction of sp³-hybridized carbons (Fsp3) is 0.857. The number of ether oxygens (including phenoxy) is 1. The van der Waals surface area contributed by atoms with Gasteiger partial charge in [0, 0.05) is 13.1 Å². The van der Waals surface area contributed by atoms with Gasteiger partial charge in [-0.2, -0.15) is 0 Å². The van der Waals surface area contributed by atoms with Gasteiger partial charge in [0.2, 0.25) is 0 Å². The van der Waals surface area contributed by atoms with Crippen molar-refractivity contribution in [1.29, 1.82) is 0 Å². The SMILES string of the molecule is NCCCN1CCOC1C=O. The first kappa shape index (κ1) is 8.64. The first-order chi connectivity index (χ1) is 5.38. The third-order valence-corrected chi connectivity index (χ3v) is 1.79. The Kier molecular flexibility index (Phi) is 3.48. The van der Waals surface area contributed by atoms with Gasteiger partial charge in [-0.15, -0.1) is 0 Å². The number of nitrogens with zero attached hydrogens (tertiary/aromatic N) is 1. The maximum absolute atomic E-state index is 10.4. The van der Waals surface area contributed by atoms with E-state index >= 15 is 0 Å². The van der Waals surface area contributed by atoms with Crippen LogP contribution in [0, 0.1) is 0 Å². The molecule has 1 heterocycles. The van der Waals surface area contributed by atoms with Gasteiger partial charge in [0.05, 0.1) is 6.61 Å². The average molecular weight is 158 g/mol. The minimum atomic E-state index is -0.318. The molecular weight excluding hydrogens is 144 g/mol. The van der Waals surface area contributed by atoms with E-state index in [0.29, 0.717) is 13.2 Å². The second-order valence-electron chi connectivity index (χ2n) is 2.58. The van der Waals surface area contributed by atoms with E-state index < -0.39 is 0 Å². The largest absolute Gasteiger partial charge is 0.355 e. The predicted molar refractivity (Wildman–Crippen MR) is 41.0 cm³/mol. The number of hydrogen-bond donors (Lipinski definition) is 1. The lowest BCUT2D eigenvalue weighted by molar-refractivity contribution is -0.121. The maximum Gasteiger partial charge on any atom is 0.167 e. The fourth-order valence-electron chi connectivity index (χ4n) is 1.18. The van der Waals surface area contributed by atoms with Crippen LogP contribution >= 0.6 is 0 Å². The van der Waals surface area contributed by atoms with Crippen molar-refractivity contribution in [2.45, 2.75) is 12.6 Å². The van der Waals surface area contributed by atoms with Crippen LogP contribution in [0.4, 0.5) is 0 Å². The number of rotatable bonds is 4. The van der Waals surface area contributed by atoms with Gasteiger partial charge < -0.3 is 10.5 Å². The monoisotopic (exact) mass is 158 g/mol. The smallest absolute Gasteiger partial charge is 0.167 e. The minimum absolute atomic E-state index is 0.318. The number of hydrogen-bond acceptors (Lipinski definition) is 4. The van der Waals surface area contributed by atoms with Gasteiger partial charge in [0.15, 0.2) is 12.5 Å². The highest BCUT2D eigenvalue weighted by Crippen LogP contribution is 2.07. The van der Waals surface area contributed by atoms with Crippen LogP contribution in [0.15, 0.2) is 0 Å². The highest BCUT2D eigenvalue weighted by molar-refractivity contribution is 5.55. The molecule has 1 rings (SSSR count). The maximum atomic E-state index is 10.4. The molecule has 0 amide bonds. The standard InChI is InChI=1S/C7H14N2O2/c8-2-1-3-9-4-5-11-7(9)6-10/h6-7H,1-5,8H2. The van der Waals surface area contributed by atoms with Crippen LogP contribution in [0.1, 0.15) is 6.42 Å². The topological polar surface area (TPSA) is 55.6 Å². The lowest BCUT2D eigenvalue weighted by Gasteiger charge is -2.16. The Bertz CT molecular complexity index is 130. The van der Waals surface area contributed by atoms with Gasteiger partial charge in [-0.3, -0.25) is 9.69 Å². The zero-order valence-corrected chi connectivity index (χ0v) is 6.53. The zero-order chi connectivity index (χ0) is 8.10. The van der Waals surface area contributed by atoms with Crippen molar-refractivity contribution in [3.8, 4) is 0 Å². The van der Waals surface area contributed by atoms with Gasteiger partial charge in [-0.1, -0.05) is 0 Å². The second kappa shape index (κ2) is 4.43. The normalized spacial score (nSPS) is 25.7. The molecule has 4 heteroatoms. The predicted octanol–water partition coefficient (Wildman–Crippen LogP) is -0.808. The molecule has 0 aromatic rings. The summed E-state index contributed by atoms with van der Waals surface area (Å²) in [7, 11) is 0. The van der Waals surface area contributed by atoms with Crippen molar-refractivity contribution in [2.24, 2.45) is 5.73 Å². The van der Waals surface area contributed by atoms with Gasteiger partial charge in [-0.05, 0) is 13.0 Å². The summed E-state index contributed by atoms with van der Waals surface area (Å²) in [4.78, 5) is 12.4. The molecule has 1 fully saturated rings. The van der Waals surface area contributed by atoms with Gasteiger partial charge in [0.25, 0.3) is 0 Å². The van der Waals surface area contributed by atoms with Crippen LogP contribution < -0.4 is 5.73 Å². The Morgan fingerprint density at radius 1 is 1.73 bits per heavy atom. The molecule has 0 aromatic carbocycles. The Morgan fingerprint density at radius 3 is 3.18 bits per heavy atom. The first-order valence-electron chi connectivity index (χ1n) is 3.89. The van der Waals surface area contributed by atoms with Crippen molar-refractivity contribution in [2.75, 3.05) is 26.2 Å². The van der Waals surface area contributed by atoms with Crippen LogP contribution in [0.2, 0.25) is 0 Å². The van der Waals surface area contributed by atoms with Crippen LogP contribution in [-0.4, -0.2) is 43.7 Å². The van der Waals surface area contributed by atoms with E-state index in [1.165, 1.54) is 0 Å².